The van der Waals surface area contributed by atoms with Crippen LogP contribution >= 0.6 is 0 Å². The molecule has 1 nitrogen and oxygen atoms in total. The average molecular weight is 388 g/mol. The largest absolute Gasteiger partial charge is 0.314 e. The van der Waals surface area contributed by atoms with E-state index in [0.717, 1.165) is 23.7 Å². The molecule has 3 saturated carbocycles. The second-order valence-electron chi connectivity index (χ2n) is 10.8. The molecule has 2 heteroatoms. The van der Waals surface area contributed by atoms with Gasteiger partial charge < -0.3 is 5.32 Å². The maximum Gasteiger partial charge on any atom is 0.124 e. The Morgan fingerprint density at radius 3 is 1.71 bits per heavy atom. The normalized spacial score (nSPS) is 30.3. The lowest BCUT2D eigenvalue weighted by Crippen LogP contribution is -2.33. The van der Waals surface area contributed by atoms with Gasteiger partial charge in [0.05, 0.1) is 0 Å². The fraction of sp³-hybridized carbons (Fsp3) is 1.00. The van der Waals surface area contributed by atoms with Gasteiger partial charge in [-0.25, -0.2) is 0 Å². The molecular formula is C26H50BN. The highest BCUT2D eigenvalue weighted by Gasteiger charge is 2.22. The Hall–Kier alpha value is 0.0249. The molecule has 0 saturated heterocycles. The van der Waals surface area contributed by atoms with Crippen molar-refractivity contribution in [2.24, 2.45) is 11.8 Å². The van der Waals surface area contributed by atoms with Gasteiger partial charge in [-0.15, -0.1) is 0 Å². The zero-order valence-corrected chi connectivity index (χ0v) is 19.1. The first kappa shape index (κ1) is 22.7. The van der Waals surface area contributed by atoms with Gasteiger partial charge in [-0.3, -0.25) is 0 Å². The molecule has 0 aliphatic heterocycles. The number of rotatable bonds is 6. The molecule has 3 fully saturated rings. The summed E-state index contributed by atoms with van der Waals surface area (Å²) in [5.41, 5.74) is 0. The van der Waals surface area contributed by atoms with Crippen LogP contribution in [0.5, 0.6) is 0 Å². The highest BCUT2D eigenvalue weighted by molar-refractivity contribution is 6.37. The molecular weight excluding hydrogens is 337 g/mol. The highest BCUT2D eigenvalue weighted by atomic mass is 14.9. The van der Waals surface area contributed by atoms with Crippen LogP contribution in [0.2, 0.25) is 12.1 Å². The van der Waals surface area contributed by atoms with Gasteiger partial charge >= 0.3 is 0 Å². The number of nitrogens with one attached hydrogen (secondary N) is 1. The number of hydrogen-bond donors (Lipinski definition) is 1. The first-order valence-corrected chi connectivity index (χ1v) is 13.6. The van der Waals surface area contributed by atoms with E-state index in [9.17, 15) is 0 Å². The molecule has 162 valence electrons. The lowest BCUT2D eigenvalue weighted by molar-refractivity contribution is 0.358. The third kappa shape index (κ3) is 9.23. The van der Waals surface area contributed by atoms with Gasteiger partial charge in [-0.2, -0.15) is 0 Å². The molecule has 0 aromatic heterocycles. The van der Waals surface area contributed by atoms with Crippen molar-refractivity contribution in [1.82, 2.24) is 5.32 Å². The lowest BCUT2D eigenvalue weighted by atomic mass is 9.55. The molecule has 3 aliphatic carbocycles. The smallest absolute Gasteiger partial charge is 0.124 e. The first-order chi connectivity index (χ1) is 13.9. The fourth-order valence-electron chi connectivity index (χ4n) is 6.43. The van der Waals surface area contributed by atoms with Crippen LogP contribution in [0.1, 0.15) is 128 Å². The topological polar surface area (TPSA) is 12.0 Å². The molecule has 3 aliphatic rings. The maximum atomic E-state index is 4.04. The van der Waals surface area contributed by atoms with Crippen molar-refractivity contribution in [3.8, 4) is 0 Å². The monoisotopic (exact) mass is 387 g/mol. The van der Waals surface area contributed by atoms with E-state index < -0.39 is 0 Å². The quantitative estimate of drug-likeness (QED) is 0.364. The molecule has 0 aromatic rings. The zero-order chi connectivity index (χ0) is 19.3. The Morgan fingerprint density at radius 1 is 0.500 bits per heavy atom. The highest BCUT2D eigenvalue weighted by Crippen LogP contribution is 2.32. The third-order valence-electron chi connectivity index (χ3n) is 8.47. The minimum atomic E-state index is 0.832. The van der Waals surface area contributed by atoms with E-state index in [2.05, 4.69) is 5.32 Å². The number of hydrogen-bond acceptors (Lipinski definition) is 1. The van der Waals surface area contributed by atoms with Gasteiger partial charge in [0.15, 0.2) is 0 Å². The summed E-state index contributed by atoms with van der Waals surface area (Å²) in [5, 5.41) is 4.04. The van der Waals surface area contributed by atoms with E-state index >= 15 is 0 Å². The van der Waals surface area contributed by atoms with E-state index in [1.165, 1.54) is 135 Å². The summed E-state index contributed by atoms with van der Waals surface area (Å²) < 4.78 is 0. The molecule has 0 amide bonds. The predicted octanol–water partition coefficient (Wildman–Crippen LogP) is 7.66. The van der Waals surface area contributed by atoms with Crippen molar-refractivity contribution in [2.45, 2.75) is 147 Å². The molecule has 1 N–H and O–H groups in total. The van der Waals surface area contributed by atoms with Crippen LogP contribution in [0.25, 0.3) is 0 Å². The van der Waals surface area contributed by atoms with E-state index in [0.29, 0.717) is 0 Å². The summed E-state index contributed by atoms with van der Waals surface area (Å²) >= 11 is 0. The minimum Gasteiger partial charge on any atom is -0.314 e. The molecule has 28 heavy (non-hydrogen) atoms. The standard InChI is InChI=1S/C26H50BN/c1-2-5-11-16-24(15-10-4-1)22-28-26-18-12-17-25(19-20-26)27-21-23-13-8-6-3-7-9-14-23/h23-28H,1-22H2. The second-order valence-corrected chi connectivity index (χ2v) is 10.8. The molecule has 0 heterocycles. The maximum absolute atomic E-state index is 4.04. The van der Waals surface area contributed by atoms with Crippen LogP contribution in [0.4, 0.5) is 0 Å². The van der Waals surface area contributed by atoms with Gasteiger partial charge in [0.25, 0.3) is 0 Å². The summed E-state index contributed by atoms with van der Waals surface area (Å²) in [7, 11) is 1.54. The van der Waals surface area contributed by atoms with Crippen molar-refractivity contribution in [2.75, 3.05) is 6.54 Å². The molecule has 2 atom stereocenters. The second kappa shape index (κ2) is 14.1. The molecule has 0 bridgehead atoms. The summed E-state index contributed by atoms with van der Waals surface area (Å²) in [6, 6.07) is 0.832. The van der Waals surface area contributed by atoms with Gasteiger partial charge in [0.2, 0.25) is 0 Å². The van der Waals surface area contributed by atoms with Gasteiger partial charge in [-0.1, -0.05) is 115 Å². The van der Waals surface area contributed by atoms with E-state index in [-0.39, 0.29) is 0 Å². The Labute approximate surface area is 177 Å². The minimum absolute atomic E-state index is 0.832. The Balaban J connectivity index is 1.31. The average Bonchev–Trinajstić information content (AvgIpc) is 2.82. The summed E-state index contributed by atoms with van der Waals surface area (Å²) in [4.78, 5) is 0. The third-order valence-corrected chi connectivity index (χ3v) is 8.47. The van der Waals surface area contributed by atoms with Crippen LogP contribution in [0.15, 0.2) is 0 Å². The van der Waals surface area contributed by atoms with Crippen molar-refractivity contribution >= 4 is 7.28 Å². The molecule has 2 unspecified atom stereocenters. The first-order valence-electron chi connectivity index (χ1n) is 13.6. The Bertz CT molecular complexity index is 367. The Kier molecular flexibility index (Phi) is 11.4. The SMILES string of the molecule is B(CC1CCCCCCC1)C1CCCC(NCC2CCCCCCCC2)CC1. The fourth-order valence-corrected chi connectivity index (χ4v) is 6.43. The lowest BCUT2D eigenvalue weighted by Gasteiger charge is -2.23. The molecule has 0 radical (unpaired) electrons. The van der Waals surface area contributed by atoms with E-state index in [1.807, 2.05) is 0 Å². The van der Waals surface area contributed by atoms with Crippen molar-refractivity contribution < 1.29 is 0 Å². The summed E-state index contributed by atoms with van der Waals surface area (Å²) in [6.07, 6.45) is 31.5. The van der Waals surface area contributed by atoms with Crippen LogP contribution in [-0.2, 0) is 0 Å². The van der Waals surface area contributed by atoms with Crippen molar-refractivity contribution in [1.29, 1.82) is 0 Å². The van der Waals surface area contributed by atoms with Gasteiger partial charge in [0.1, 0.15) is 7.28 Å². The molecule has 3 rings (SSSR count). The van der Waals surface area contributed by atoms with Crippen LogP contribution < -0.4 is 5.32 Å². The van der Waals surface area contributed by atoms with Crippen molar-refractivity contribution in [3.05, 3.63) is 0 Å². The molecule has 0 aromatic carbocycles. The summed E-state index contributed by atoms with van der Waals surface area (Å²) in [6.45, 7) is 1.32. The Morgan fingerprint density at radius 2 is 1.07 bits per heavy atom. The van der Waals surface area contributed by atoms with Crippen LogP contribution in [0.3, 0.4) is 0 Å². The molecule has 0 spiro atoms. The van der Waals surface area contributed by atoms with Crippen LogP contribution in [-0.4, -0.2) is 19.9 Å². The van der Waals surface area contributed by atoms with E-state index in [4.69, 9.17) is 0 Å². The summed E-state index contributed by atoms with van der Waals surface area (Å²) in [5.74, 6) is 3.08. The van der Waals surface area contributed by atoms with Crippen LogP contribution in [0, 0.1) is 11.8 Å². The predicted molar refractivity (Wildman–Crippen MR) is 127 cm³/mol. The van der Waals surface area contributed by atoms with Gasteiger partial charge in [-0.05, 0) is 44.1 Å². The van der Waals surface area contributed by atoms with E-state index in [1.54, 1.807) is 13.6 Å². The zero-order valence-electron chi connectivity index (χ0n) is 19.1. The van der Waals surface area contributed by atoms with Crippen molar-refractivity contribution in [3.63, 3.8) is 0 Å². The van der Waals surface area contributed by atoms with Gasteiger partial charge in [0, 0.05) is 6.04 Å².